The van der Waals surface area contributed by atoms with E-state index in [0.717, 1.165) is 45.6 Å². The van der Waals surface area contributed by atoms with E-state index in [1.165, 1.54) is 44.9 Å². The van der Waals surface area contributed by atoms with Gasteiger partial charge in [0.05, 0.1) is 38.6 Å². The minimum Gasteiger partial charge on any atom is -0.379 e. The Morgan fingerprint density at radius 3 is 2.08 bits per heavy atom. The summed E-state index contributed by atoms with van der Waals surface area (Å²) >= 11 is 0. The lowest BCUT2D eigenvalue weighted by molar-refractivity contribution is 0.114. The lowest BCUT2D eigenvalue weighted by atomic mass is 9.86. The van der Waals surface area contributed by atoms with Gasteiger partial charge in [0.15, 0.2) is 0 Å². The molecule has 3 aliphatic heterocycles. The molecule has 1 saturated carbocycles. The van der Waals surface area contributed by atoms with Crippen LogP contribution < -0.4 is 0 Å². The minimum atomic E-state index is 0.431. The Morgan fingerprint density at radius 1 is 0.846 bits per heavy atom. The first-order valence-electron chi connectivity index (χ1n) is 10.8. The van der Waals surface area contributed by atoms with Crippen molar-refractivity contribution in [1.29, 1.82) is 0 Å². The third kappa shape index (κ3) is 10.8. The first kappa shape index (κ1) is 22.1. The molecule has 3 saturated heterocycles. The molecule has 5 heteroatoms. The standard InChI is InChI=1S/C9H16O.C7H14O2.C5H10O2/c1-2-3-7-4-5-8-9(6-7)10-8;1-2-3-4-8-5-7-6-9-7;1-2-6-3-5-4-7-5/h7-9H,2-6H2,1H3;7H,2-6H2,1H3;5H,2-4H2,1H3. The van der Waals surface area contributed by atoms with Gasteiger partial charge in [0, 0.05) is 13.2 Å². The smallest absolute Gasteiger partial charge is 0.104 e. The molecule has 1 aliphatic carbocycles. The monoisotopic (exact) mass is 372 g/mol. The molecule has 4 fully saturated rings. The van der Waals surface area contributed by atoms with Crippen molar-refractivity contribution in [2.75, 3.05) is 39.6 Å². The van der Waals surface area contributed by atoms with Crippen LogP contribution in [0.3, 0.4) is 0 Å². The molecule has 0 bridgehead atoms. The van der Waals surface area contributed by atoms with Crippen LogP contribution in [0, 0.1) is 5.92 Å². The van der Waals surface area contributed by atoms with Gasteiger partial charge in [0.2, 0.25) is 0 Å². The Kier molecular flexibility index (Phi) is 11.1. The van der Waals surface area contributed by atoms with Gasteiger partial charge in [-0.2, -0.15) is 0 Å². The van der Waals surface area contributed by atoms with Crippen LogP contribution in [0.15, 0.2) is 0 Å². The van der Waals surface area contributed by atoms with Gasteiger partial charge in [-0.25, -0.2) is 0 Å². The summed E-state index contributed by atoms with van der Waals surface area (Å²) in [6, 6.07) is 0. The number of ether oxygens (including phenoxy) is 5. The van der Waals surface area contributed by atoms with Crippen LogP contribution >= 0.6 is 0 Å². The molecule has 0 N–H and O–H groups in total. The van der Waals surface area contributed by atoms with Crippen LogP contribution in [0.25, 0.3) is 0 Å². The molecule has 154 valence electrons. The highest BCUT2D eigenvalue weighted by Gasteiger charge is 2.43. The summed E-state index contributed by atoms with van der Waals surface area (Å²) in [5.74, 6) is 0.994. The molecule has 0 spiro atoms. The van der Waals surface area contributed by atoms with E-state index >= 15 is 0 Å². The van der Waals surface area contributed by atoms with Crippen molar-refractivity contribution in [1.82, 2.24) is 0 Å². The largest absolute Gasteiger partial charge is 0.379 e. The van der Waals surface area contributed by atoms with Gasteiger partial charge in [0.1, 0.15) is 12.2 Å². The van der Waals surface area contributed by atoms with Crippen molar-refractivity contribution >= 4 is 0 Å². The molecule has 0 aromatic heterocycles. The van der Waals surface area contributed by atoms with E-state index in [1.54, 1.807) is 0 Å². The molecule has 0 amide bonds. The highest BCUT2D eigenvalue weighted by molar-refractivity contribution is 4.91. The average Bonchev–Trinajstić information content (AvgIpc) is 3.51. The lowest BCUT2D eigenvalue weighted by Crippen LogP contribution is -2.12. The zero-order valence-corrected chi connectivity index (χ0v) is 17.1. The molecular formula is C21H40O5. The van der Waals surface area contributed by atoms with Crippen molar-refractivity contribution in [2.24, 2.45) is 5.92 Å². The van der Waals surface area contributed by atoms with E-state index in [4.69, 9.17) is 23.7 Å². The summed E-state index contributed by atoms with van der Waals surface area (Å²) in [4.78, 5) is 0. The topological polar surface area (TPSA) is 56.0 Å². The summed E-state index contributed by atoms with van der Waals surface area (Å²) in [5, 5.41) is 0. The Balaban J connectivity index is 0.000000143. The van der Waals surface area contributed by atoms with E-state index in [0.29, 0.717) is 24.4 Å². The maximum atomic E-state index is 5.45. The number of epoxide rings is 3. The van der Waals surface area contributed by atoms with E-state index in [1.807, 2.05) is 6.92 Å². The maximum absolute atomic E-state index is 5.45. The zero-order chi connectivity index (χ0) is 18.6. The summed E-state index contributed by atoms with van der Waals surface area (Å²) in [6.45, 7) is 11.5. The fraction of sp³-hybridized carbons (Fsp3) is 1.00. The van der Waals surface area contributed by atoms with Gasteiger partial charge in [0.25, 0.3) is 0 Å². The van der Waals surface area contributed by atoms with Crippen molar-refractivity contribution < 1.29 is 23.7 Å². The number of fused-ring (bicyclic) bond motifs is 1. The fourth-order valence-corrected chi connectivity index (χ4v) is 3.20. The van der Waals surface area contributed by atoms with Crippen molar-refractivity contribution in [3.8, 4) is 0 Å². The molecule has 0 aromatic carbocycles. The van der Waals surface area contributed by atoms with Crippen molar-refractivity contribution in [3.63, 3.8) is 0 Å². The van der Waals surface area contributed by atoms with Crippen molar-refractivity contribution in [2.45, 2.75) is 90.1 Å². The molecule has 26 heavy (non-hydrogen) atoms. The number of rotatable bonds is 10. The Labute approximate surface area is 160 Å². The fourth-order valence-electron chi connectivity index (χ4n) is 3.20. The quantitative estimate of drug-likeness (QED) is 0.429. The third-order valence-electron chi connectivity index (χ3n) is 5.07. The second-order valence-electron chi connectivity index (χ2n) is 7.68. The lowest BCUT2D eigenvalue weighted by Gasteiger charge is -2.17. The molecule has 5 atom stereocenters. The van der Waals surface area contributed by atoms with Crippen molar-refractivity contribution in [3.05, 3.63) is 0 Å². The molecule has 5 nitrogen and oxygen atoms in total. The highest BCUT2D eigenvalue weighted by Crippen LogP contribution is 2.40. The summed E-state index contributed by atoms with van der Waals surface area (Å²) in [5.41, 5.74) is 0. The van der Waals surface area contributed by atoms with Gasteiger partial charge in [-0.05, 0) is 38.5 Å². The minimum absolute atomic E-state index is 0.431. The molecule has 0 radical (unpaired) electrons. The van der Waals surface area contributed by atoms with Gasteiger partial charge >= 0.3 is 0 Å². The Bertz CT molecular complexity index is 343. The van der Waals surface area contributed by atoms with Gasteiger partial charge in [-0.3, -0.25) is 0 Å². The predicted octanol–water partition coefficient (Wildman–Crippen LogP) is 3.98. The second kappa shape index (κ2) is 13.1. The van der Waals surface area contributed by atoms with Crippen LogP contribution in [-0.4, -0.2) is 64.1 Å². The number of hydrogen-bond donors (Lipinski definition) is 0. The summed E-state index contributed by atoms with van der Waals surface area (Å²) < 4.78 is 25.6. The zero-order valence-electron chi connectivity index (χ0n) is 17.1. The predicted molar refractivity (Wildman–Crippen MR) is 103 cm³/mol. The third-order valence-corrected chi connectivity index (χ3v) is 5.07. The van der Waals surface area contributed by atoms with E-state index < -0.39 is 0 Å². The number of unbranched alkanes of at least 4 members (excludes halogenated alkanes) is 1. The van der Waals surface area contributed by atoms with E-state index in [2.05, 4.69) is 13.8 Å². The van der Waals surface area contributed by atoms with Crippen LogP contribution in [0.1, 0.15) is 65.7 Å². The molecule has 4 aliphatic rings. The van der Waals surface area contributed by atoms with Crippen LogP contribution in [0.5, 0.6) is 0 Å². The highest BCUT2D eigenvalue weighted by atomic mass is 16.6. The number of hydrogen-bond acceptors (Lipinski definition) is 5. The van der Waals surface area contributed by atoms with Gasteiger partial charge < -0.3 is 23.7 Å². The maximum Gasteiger partial charge on any atom is 0.104 e. The normalized spacial score (nSPS) is 33.1. The molecule has 4 rings (SSSR count). The molecule has 3 heterocycles. The Morgan fingerprint density at radius 2 is 1.54 bits per heavy atom. The molecule has 5 unspecified atom stereocenters. The van der Waals surface area contributed by atoms with E-state index in [-0.39, 0.29) is 0 Å². The molecule has 0 aromatic rings. The second-order valence-corrected chi connectivity index (χ2v) is 7.68. The summed E-state index contributed by atoms with van der Waals surface area (Å²) in [6.07, 6.45) is 11.5. The summed E-state index contributed by atoms with van der Waals surface area (Å²) in [7, 11) is 0. The van der Waals surface area contributed by atoms with Crippen LogP contribution in [0.4, 0.5) is 0 Å². The van der Waals surface area contributed by atoms with Gasteiger partial charge in [-0.1, -0.05) is 33.1 Å². The molecular weight excluding hydrogens is 332 g/mol. The van der Waals surface area contributed by atoms with Crippen LogP contribution in [0.2, 0.25) is 0 Å². The SMILES string of the molecule is CCCC1CCC2OC2C1.CCCCOCC1CO1.CCOCC1CO1. The van der Waals surface area contributed by atoms with Gasteiger partial charge in [-0.15, -0.1) is 0 Å². The first-order valence-corrected chi connectivity index (χ1v) is 10.8. The van der Waals surface area contributed by atoms with E-state index in [9.17, 15) is 0 Å². The average molecular weight is 373 g/mol. The first-order chi connectivity index (χ1) is 12.8. The van der Waals surface area contributed by atoms with Crippen LogP contribution in [-0.2, 0) is 23.7 Å². The Hall–Kier alpha value is -0.200.